The summed E-state index contributed by atoms with van der Waals surface area (Å²) in [6.07, 6.45) is 3.36. The number of benzene rings is 1. The summed E-state index contributed by atoms with van der Waals surface area (Å²) in [5.74, 6) is -0.140. The lowest BCUT2D eigenvalue weighted by atomic mass is 10.2. The number of hydrogen-bond acceptors (Lipinski definition) is 3. The lowest BCUT2D eigenvalue weighted by Crippen LogP contribution is -2.33. The summed E-state index contributed by atoms with van der Waals surface area (Å²) in [6, 6.07) is 6.26. The van der Waals surface area contributed by atoms with Crippen molar-refractivity contribution in [3.63, 3.8) is 0 Å². The molecular weight excluding hydrogens is 262 g/mol. The monoisotopic (exact) mass is 279 g/mol. The van der Waals surface area contributed by atoms with Gasteiger partial charge in [-0.25, -0.2) is 8.42 Å². The van der Waals surface area contributed by atoms with Gasteiger partial charge < -0.3 is 0 Å². The molecule has 0 aromatic heterocycles. The van der Waals surface area contributed by atoms with E-state index in [1.165, 1.54) is 23.4 Å². The van der Waals surface area contributed by atoms with Crippen molar-refractivity contribution in [2.75, 3.05) is 6.54 Å². The Bertz CT molecular complexity index is 603. The molecule has 2 rings (SSSR count). The second-order valence-electron chi connectivity index (χ2n) is 4.68. The predicted molar refractivity (Wildman–Crippen MR) is 73.6 cm³/mol. The molecule has 0 heterocycles. The van der Waals surface area contributed by atoms with Gasteiger partial charge in [-0.1, -0.05) is 18.2 Å². The van der Waals surface area contributed by atoms with Gasteiger partial charge in [0.1, 0.15) is 0 Å². The van der Waals surface area contributed by atoms with Crippen LogP contribution in [0.25, 0.3) is 0 Å². The topological polar surface area (TPSA) is 54.5 Å². The first kappa shape index (κ1) is 14.0. The number of rotatable bonds is 6. The Morgan fingerprint density at radius 2 is 2.16 bits per heavy atom. The second-order valence-corrected chi connectivity index (χ2v) is 6.57. The highest BCUT2D eigenvalue weighted by Gasteiger charge is 2.37. The van der Waals surface area contributed by atoms with Crippen LogP contribution in [0.2, 0.25) is 0 Å². The Labute approximate surface area is 113 Å². The lowest BCUT2D eigenvalue weighted by molar-refractivity contribution is 0.101. The fourth-order valence-electron chi connectivity index (χ4n) is 1.94. The van der Waals surface area contributed by atoms with E-state index in [1.807, 2.05) is 0 Å². The van der Waals surface area contributed by atoms with Crippen LogP contribution in [-0.4, -0.2) is 31.1 Å². The Balaban J connectivity index is 2.39. The standard InChI is InChI=1S/C14H17NO3S/c1-3-9-15(13-7-8-13)19(17,18)14-6-4-5-12(10-14)11(2)16/h3-6,10,13H,1,7-9H2,2H3. The zero-order valence-electron chi connectivity index (χ0n) is 10.9. The highest BCUT2D eigenvalue weighted by Crippen LogP contribution is 2.32. The Kier molecular flexibility index (Phi) is 3.87. The third-order valence-electron chi connectivity index (χ3n) is 3.11. The average Bonchev–Trinajstić information content (AvgIpc) is 3.20. The fraction of sp³-hybridized carbons (Fsp3) is 0.357. The van der Waals surface area contributed by atoms with Crippen LogP contribution in [0.5, 0.6) is 0 Å². The molecule has 0 spiro atoms. The molecule has 1 aromatic carbocycles. The lowest BCUT2D eigenvalue weighted by Gasteiger charge is -2.20. The van der Waals surface area contributed by atoms with Gasteiger partial charge in [0.25, 0.3) is 0 Å². The number of carbonyl (C=O) groups excluding carboxylic acids is 1. The second kappa shape index (κ2) is 5.27. The van der Waals surface area contributed by atoms with Crippen LogP contribution in [0.3, 0.4) is 0 Å². The molecule has 0 aliphatic heterocycles. The molecule has 0 amide bonds. The van der Waals surface area contributed by atoms with E-state index in [0.717, 1.165) is 12.8 Å². The van der Waals surface area contributed by atoms with Gasteiger partial charge in [0, 0.05) is 18.2 Å². The third-order valence-corrected chi connectivity index (χ3v) is 5.02. The van der Waals surface area contributed by atoms with E-state index in [1.54, 1.807) is 18.2 Å². The summed E-state index contributed by atoms with van der Waals surface area (Å²) < 4.78 is 26.5. The van der Waals surface area contributed by atoms with Crippen molar-refractivity contribution < 1.29 is 13.2 Å². The largest absolute Gasteiger partial charge is 0.295 e. The van der Waals surface area contributed by atoms with Crippen LogP contribution in [-0.2, 0) is 10.0 Å². The van der Waals surface area contributed by atoms with E-state index in [9.17, 15) is 13.2 Å². The first-order valence-electron chi connectivity index (χ1n) is 6.20. The normalized spacial score (nSPS) is 15.5. The van der Waals surface area contributed by atoms with Crippen LogP contribution in [0.1, 0.15) is 30.1 Å². The van der Waals surface area contributed by atoms with Gasteiger partial charge >= 0.3 is 0 Å². The average molecular weight is 279 g/mol. The van der Waals surface area contributed by atoms with Gasteiger partial charge in [0.2, 0.25) is 10.0 Å². The quantitative estimate of drug-likeness (QED) is 0.592. The van der Waals surface area contributed by atoms with Gasteiger partial charge in [0.15, 0.2) is 5.78 Å². The van der Waals surface area contributed by atoms with Gasteiger partial charge in [-0.05, 0) is 31.9 Å². The molecule has 0 bridgehead atoms. The molecule has 19 heavy (non-hydrogen) atoms. The van der Waals surface area contributed by atoms with Crippen molar-refractivity contribution in [2.45, 2.75) is 30.7 Å². The van der Waals surface area contributed by atoms with E-state index in [-0.39, 0.29) is 16.7 Å². The molecule has 0 atom stereocenters. The zero-order chi connectivity index (χ0) is 14.0. The minimum absolute atomic E-state index is 0.0731. The van der Waals surface area contributed by atoms with Gasteiger partial charge in [-0.3, -0.25) is 4.79 Å². The van der Waals surface area contributed by atoms with E-state index in [2.05, 4.69) is 6.58 Å². The number of carbonyl (C=O) groups is 1. The molecule has 102 valence electrons. The molecule has 0 saturated heterocycles. The summed E-state index contributed by atoms with van der Waals surface area (Å²) in [5, 5.41) is 0. The molecule has 0 unspecified atom stereocenters. The maximum absolute atomic E-state index is 12.5. The maximum Gasteiger partial charge on any atom is 0.243 e. The first-order chi connectivity index (χ1) is 8.96. The van der Waals surface area contributed by atoms with E-state index in [4.69, 9.17) is 0 Å². The first-order valence-corrected chi connectivity index (χ1v) is 7.64. The van der Waals surface area contributed by atoms with Gasteiger partial charge in [0.05, 0.1) is 4.90 Å². The molecule has 5 heteroatoms. The molecule has 0 N–H and O–H groups in total. The van der Waals surface area contributed by atoms with Gasteiger partial charge in [-0.15, -0.1) is 6.58 Å². The SMILES string of the molecule is C=CCN(C1CC1)S(=O)(=O)c1cccc(C(C)=O)c1. The minimum Gasteiger partial charge on any atom is -0.295 e. The summed E-state index contributed by atoms with van der Waals surface area (Å²) in [7, 11) is -3.55. The smallest absolute Gasteiger partial charge is 0.243 e. The molecule has 1 saturated carbocycles. The molecule has 1 fully saturated rings. The molecule has 0 radical (unpaired) electrons. The van der Waals surface area contributed by atoms with E-state index < -0.39 is 10.0 Å². The van der Waals surface area contributed by atoms with Crippen LogP contribution in [0.15, 0.2) is 41.8 Å². The van der Waals surface area contributed by atoms with Crippen molar-refractivity contribution in [1.29, 1.82) is 0 Å². The Morgan fingerprint density at radius 1 is 1.47 bits per heavy atom. The Morgan fingerprint density at radius 3 is 2.68 bits per heavy atom. The van der Waals surface area contributed by atoms with E-state index in [0.29, 0.717) is 12.1 Å². The number of Topliss-reactive ketones (excluding diaryl/α,β-unsaturated/α-hetero) is 1. The molecule has 4 nitrogen and oxygen atoms in total. The van der Waals surface area contributed by atoms with Crippen molar-refractivity contribution in [2.24, 2.45) is 0 Å². The Hall–Kier alpha value is -1.46. The number of sulfonamides is 1. The van der Waals surface area contributed by atoms with Crippen molar-refractivity contribution in [1.82, 2.24) is 4.31 Å². The summed E-state index contributed by atoms with van der Waals surface area (Å²) in [5.41, 5.74) is 0.412. The number of nitrogens with zero attached hydrogens (tertiary/aromatic N) is 1. The highest BCUT2D eigenvalue weighted by atomic mass is 32.2. The van der Waals surface area contributed by atoms with Crippen molar-refractivity contribution >= 4 is 15.8 Å². The van der Waals surface area contributed by atoms with Crippen LogP contribution in [0.4, 0.5) is 0 Å². The highest BCUT2D eigenvalue weighted by molar-refractivity contribution is 7.89. The molecule has 1 aliphatic rings. The summed E-state index contributed by atoms with van der Waals surface area (Å²) in [4.78, 5) is 11.5. The molecular formula is C14H17NO3S. The van der Waals surface area contributed by atoms with Gasteiger partial charge in [-0.2, -0.15) is 4.31 Å². The number of hydrogen-bond donors (Lipinski definition) is 0. The fourth-order valence-corrected chi connectivity index (χ4v) is 3.65. The van der Waals surface area contributed by atoms with Crippen molar-refractivity contribution in [3.8, 4) is 0 Å². The maximum atomic E-state index is 12.5. The number of ketones is 1. The van der Waals surface area contributed by atoms with Crippen LogP contribution in [0, 0.1) is 0 Å². The predicted octanol–water partition coefficient (Wildman–Crippen LogP) is 2.23. The summed E-state index contributed by atoms with van der Waals surface area (Å²) in [6.45, 7) is 5.33. The molecule has 1 aromatic rings. The van der Waals surface area contributed by atoms with Crippen molar-refractivity contribution in [3.05, 3.63) is 42.5 Å². The summed E-state index contributed by atoms with van der Waals surface area (Å²) >= 11 is 0. The molecule has 1 aliphatic carbocycles. The minimum atomic E-state index is -3.55. The third kappa shape index (κ3) is 2.93. The zero-order valence-corrected chi connectivity index (χ0v) is 11.7. The van der Waals surface area contributed by atoms with Crippen LogP contribution < -0.4 is 0 Å². The van der Waals surface area contributed by atoms with Crippen LogP contribution >= 0.6 is 0 Å². The van der Waals surface area contributed by atoms with E-state index >= 15 is 0 Å².